The van der Waals surface area contributed by atoms with E-state index in [1.807, 2.05) is 39.2 Å². The van der Waals surface area contributed by atoms with Gasteiger partial charge in [0.2, 0.25) is 0 Å². The van der Waals surface area contributed by atoms with Gasteiger partial charge < -0.3 is 10.2 Å². The van der Waals surface area contributed by atoms with Gasteiger partial charge in [-0.3, -0.25) is 15.4 Å². The third-order valence-corrected chi connectivity index (χ3v) is 3.62. The van der Waals surface area contributed by atoms with E-state index < -0.39 is 0 Å². The Bertz CT molecular complexity index is 726. The fourth-order valence-corrected chi connectivity index (χ4v) is 2.20. The molecule has 138 valence electrons. The van der Waals surface area contributed by atoms with E-state index in [1.165, 1.54) is 0 Å². The highest BCUT2D eigenvalue weighted by Crippen LogP contribution is 2.24. The van der Waals surface area contributed by atoms with E-state index in [-0.39, 0.29) is 0 Å². The average Bonchev–Trinajstić information content (AvgIpc) is 2.61. The Labute approximate surface area is 157 Å². The maximum Gasteiger partial charge on any atom is 0.0656 e. The second-order valence-corrected chi connectivity index (χ2v) is 6.19. The van der Waals surface area contributed by atoms with Crippen molar-refractivity contribution < 1.29 is 0 Å². The van der Waals surface area contributed by atoms with E-state index in [2.05, 4.69) is 40.1 Å². The standard InChI is InChI=1S/C21H29N5/c1-7-10-25-20-9-8-17(13-19(20)21(22)16(2)3)18(14-23-4)15-24-11-12-26(5)6/h7-9,13-15,22,25H,1-2,4,10-12H2,3,5-6H3/b18-14+,22-21?,24-15?. The van der Waals surface area contributed by atoms with Gasteiger partial charge in [-0.25, -0.2) is 0 Å². The number of allylic oxidation sites excluding steroid dienone is 2. The summed E-state index contributed by atoms with van der Waals surface area (Å²) in [5.41, 5.74) is 4.54. The van der Waals surface area contributed by atoms with Crippen molar-refractivity contribution in [3.8, 4) is 0 Å². The number of hydrogen-bond acceptors (Lipinski definition) is 5. The first kappa shape index (κ1) is 21.3. The summed E-state index contributed by atoms with van der Waals surface area (Å²) in [4.78, 5) is 10.4. The Morgan fingerprint density at radius 2 is 2.08 bits per heavy atom. The van der Waals surface area contributed by atoms with Crippen molar-refractivity contribution in [2.24, 2.45) is 9.98 Å². The molecule has 5 nitrogen and oxygen atoms in total. The topological polar surface area (TPSA) is 63.8 Å². The Hall–Kier alpha value is -2.79. The van der Waals surface area contributed by atoms with Crippen LogP contribution in [0.15, 0.2) is 59.2 Å². The highest BCUT2D eigenvalue weighted by atomic mass is 15.1. The second kappa shape index (κ2) is 10.9. The molecule has 0 aromatic heterocycles. The SMILES string of the molecule is C=CCNc1ccc(/C(C=NCCN(C)C)=C/N=C)cc1C(=N)C(=C)C. The lowest BCUT2D eigenvalue weighted by Crippen LogP contribution is -2.15. The second-order valence-electron chi connectivity index (χ2n) is 6.19. The summed E-state index contributed by atoms with van der Waals surface area (Å²) in [6.45, 7) is 15.2. The van der Waals surface area contributed by atoms with Crippen LogP contribution in [-0.2, 0) is 0 Å². The van der Waals surface area contributed by atoms with Crippen LogP contribution in [0.4, 0.5) is 5.69 Å². The van der Waals surface area contributed by atoms with Crippen LogP contribution in [-0.4, -0.2) is 57.3 Å². The minimum absolute atomic E-state index is 0.397. The minimum Gasteiger partial charge on any atom is -0.381 e. The van der Waals surface area contributed by atoms with E-state index in [1.54, 1.807) is 18.5 Å². The quantitative estimate of drug-likeness (QED) is 0.469. The van der Waals surface area contributed by atoms with Crippen LogP contribution in [0, 0.1) is 5.41 Å². The summed E-state index contributed by atoms with van der Waals surface area (Å²) in [7, 11) is 4.03. The third-order valence-electron chi connectivity index (χ3n) is 3.62. The first-order valence-corrected chi connectivity index (χ1v) is 8.45. The van der Waals surface area contributed by atoms with Gasteiger partial charge in [0, 0.05) is 42.3 Å². The third kappa shape index (κ3) is 6.61. The molecule has 0 saturated heterocycles. The van der Waals surface area contributed by atoms with Crippen LogP contribution in [0.5, 0.6) is 0 Å². The highest BCUT2D eigenvalue weighted by Gasteiger charge is 2.11. The van der Waals surface area contributed by atoms with E-state index >= 15 is 0 Å². The van der Waals surface area contributed by atoms with Gasteiger partial charge in [-0.05, 0) is 51.0 Å². The summed E-state index contributed by atoms with van der Waals surface area (Å²) < 4.78 is 0. The highest BCUT2D eigenvalue weighted by molar-refractivity contribution is 6.15. The zero-order valence-electron chi connectivity index (χ0n) is 16.0. The molecule has 0 atom stereocenters. The van der Waals surface area contributed by atoms with Gasteiger partial charge in [-0.15, -0.1) is 6.58 Å². The van der Waals surface area contributed by atoms with Crippen LogP contribution in [0.3, 0.4) is 0 Å². The number of benzene rings is 1. The first-order chi connectivity index (χ1) is 12.4. The van der Waals surface area contributed by atoms with Crippen LogP contribution < -0.4 is 5.32 Å². The van der Waals surface area contributed by atoms with E-state index in [4.69, 9.17) is 5.41 Å². The summed E-state index contributed by atoms with van der Waals surface area (Å²) in [6.07, 6.45) is 5.27. The molecule has 1 rings (SSSR count). The number of aliphatic imine (C=N–C) groups is 2. The van der Waals surface area contributed by atoms with Crippen LogP contribution in [0.25, 0.3) is 5.57 Å². The lowest BCUT2D eigenvalue weighted by Gasteiger charge is -2.14. The van der Waals surface area contributed by atoms with Crippen molar-refractivity contribution >= 4 is 29.9 Å². The normalized spacial score (nSPS) is 11.6. The lowest BCUT2D eigenvalue weighted by atomic mass is 9.97. The molecule has 0 aliphatic heterocycles. The molecule has 0 saturated carbocycles. The van der Waals surface area contributed by atoms with Crippen molar-refractivity contribution in [1.82, 2.24) is 4.90 Å². The van der Waals surface area contributed by atoms with E-state index in [0.29, 0.717) is 24.4 Å². The number of rotatable bonds is 11. The number of likely N-dealkylation sites (N-methyl/N-ethyl adjacent to an activating group) is 1. The van der Waals surface area contributed by atoms with Gasteiger partial charge in [0.15, 0.2) is 0 Å². The van der Waals surface area contributed by atoms with Crippen LogP contribution in [0.1, 0.15) is 18.1 Å². The monoisotopic (exact) mass is 351 g/mol. The van der Waals surface area contributed by atoms with Crippen molar-refractivity contribution in [1.29, 1.82) is 5.41 Å². The minimum atomic E-state index is 0.397. The predicted molar refractivity (Wildman–Crippen MR) is 116 cm³/mol. The molecule has 0 unspecified atom stereocenters. The van der Waals surface area contributed by atoms with Gasteiger partial charge >= 0.3 is 0 Å². The molecule has 0 spiro atoms. The van der Waals surface area contributed by atoms with Crippen molar-refractivity contribution in [3.05, 3.63) is 60.3 Å². The Morgan fingerprint density at radius 1 is 1.35 bits per heavy atom. The summed E-state index contributed by atoms with van der Waals surface area (Å²) in [6, 6.07) is 5.89. The number of nitrogens with one attached hydrogen (secondary N) is 2. The van der Waals surface area contributed by atoms with Crippen molar-refractivity contribution in [2.75, 3.05) is 39.0 Å². The summed E-state index contributed by atoms with van der Waals surface area (Å²) in [5, 5.41) is 11.6. The number of hydrogen-bond donors (Lipinski definition) is 2. The molecular formula is C21H29N5. The van der Waals surface area contributed by atoms with E-state index in [0.717, 1.165) is 28.9 Å². The molecule has 0 heterocycles. The average molecular weight is 351 g/mol. The molecule has 0 aliphatic rings. The Kier molecular flexibility index (Phi) is 8.95. The Morgan fingerprint density at radius 3 is 2.65 bits per heavy atom. The molecule has 0 bridgehead atoms. The van der Waals surface area contributed by atoms with Gasteiger partial charge in [-0.2, -0.15) is 0 Å². The fraction of sp³-hybridized carbons (Fsp3) is 0.286. The smallest absolute Gasteiger partial charge is 0.0656 e. The van der Waals surface area contributed by atoms with Crippen molar-refractivity contribution in [2.45, 2.75) is 6.92 Å². The zero-order chi connectivity index (χ0) is 19.5. The molecule has 0 amide bonds. The number of nitrogens with zero attached hydrogens (tertiary/aromatic N) is 3. The lowest BCUT2D eigenvalue weighted by molar-refractivity contribution is 0.421. The van der Waals surface area contributed by atoms with Crippen molar-refractivity contribution in [3.63, 3.8) is 0 Å². The molecule has 0 radical (unpaired) electrons. The molecule has 1 aromatic rings. The van der Waals surface area contributed by atoms with Gasteiger partial charge in [0.05, 0.1) is 12.3 Å². The largest absolute Gasteiger partial charge is 0.381 e. The fourth-order valence-electron chi connectivity index (χ4n) is 2.20. The summed E-state index contributed by atoms with van der Waals surface area (Å²) >= 11 is 0. The zero-order valence-corrected chi connectivity index (χ0v) is 16.0. The van der Waals surface area contributed by atoms with Gasteiger partial charge in [0.25, 0.3) is 0 Å². The predicted octanol–water partition coefficient (Wildman–Crippen LogP) is 3.90. The number of anilines is 1. The molecule has 1 aromatic carbocycles. The maximum absolute atomic E-state index is 8.36. The maximum atomic E-state index is 8.36. The first-order valence-electron chi connectivity index (χ1n) is 8.45. The molecule has 0 fully saturated rings. The molecule has 0 aliphatic carbocycles. The summed E-state index contributed by atoms with van der Waals surface area (Å²) in [5.74, 6) is 0. The van der Waals surface area contributed by atoms with E-state index in [9.17, 15) is 0 Å². The van der Waals surface area contributed by atoms with Crippen LogP contribution >= 0.6 is 0 Å². The molecular weight excluding hydrogens is 322 g/mol. The Balaban J connectivity index is 3.23. The van der Waals surface area contributed by atoms with Gasteiger partial charge in [-0.1, -0.05) is 18.7 Å². The van der Waals surface area contributed by atoms with Crippen LogP contribution in [0.2, 0.25) is 0 Å². The molecule has 5 heteroatoms. The molecule has 26 heavy (non-hydrogen) atoms. The molecule has 2 N–H and O–H groups in total. The van der Waals surface area contributed by atoms with Gasteiger partial charge in [0.1, 0.15) is 0 Å².